The van der Waals surface area contributed by atoms with Gasteiger partial charge in [0.25, 0.3) is 3.79 Å². The van der Waals surface area contributed by atoms with Gasteiger partial charge in [-0.25, -0.2) is 0 Å². The van der Waals surface area contributed by atoms with Crippen molar-refractivity contribution in [1.29, 1.82) is 5.41 Å². The average molecular weight is 405 g/mol. The second-order valence-corrected chi connectivity index (χ2v) is 7.76. The van der Waals surface area contributed by atoms with Crippen LogP contribution in [0, 0.1) is 11.3 Å². The van der Waals surface area contributed by atoms with Crippen molar-refractivity contribution >= 4 is 52.6 Å². The lowest BCUT2D eigenvalue weighted by Gasteiger charge is -2.39. The summed E-state index contributed by atoms with van der Waals surface area (Å²) in [4.78, 5) is 22.3. The maximum atomic E-state index is 11.3. The van der Waals surface area contributed by atoms with Crippen LogP contribution >= 0.6 is 34.8 Å². The third-order valence-corrected chi connectivity index (χ3v) is 3.99. The smallest absolute Gasteiger partial charge is 0.302 e. The van der Waals surface area contributed by atoms with Gasteiger partial charge in [0.2, 0.25) is 5.90 Å². The Labute approximate surface area is 155 Å². The third-order valence-electron chi connectivity index (χ3n) is 3.47. The second-order valence-electron chi connectivity index (χ2n) is 5.48. The topological polar surface area (TPSA) is 94.9 Å². The Bertz CT molecular complexity index is 482. The van der Waals surface area contributed by atoms with E-state index < -0.39 is 39.9 Å². The first-order chi connectivity index (χ1) is 11.0. The molecule has 0 bridgehead atoms. The highest BCUT2D eigenvalue weighted by Gasteiger charge is 2.39. The van der Waals surface area contributed by atoms with E-state index in [1.54, 1.807) is 0 Å². The van der Waals surface area contributed by atoms with Crippen LogP contribution in [-0.2, 0) is 28.5 Å². The van der Waals surface area contributed by atoms with E-state index in [0.717, 1.165) is 0 Å². The molecule has 1 N–H and O–H groups in total. The number of nitrogens with one attached hydrogen (secondary N) is 1. The number of hydrogen-bond acceptors (Lipinski definition) is 7. The van der Waals surface area contributed by atoms with Gasteiger partial charge in [0, 0.05) is 26.2 Å². The molecule has 7 nitrogen and oxygen atoms in total. The molecule has 0 saturated carbocycles. The van der Waals surface area contributed by atoms with Gasteiger partial charge in [-0.05, 0) is 0 Å². The molecule has 24 heavy (non-hydrogen) atoms. The molecule has 1 fully saturated rings. The van der Waals surface area contributed by atoms with Crippen LogP contribution in [0.4, 0.5) is 0 Å². The van der Waals surface area contributed by atoms with Gasteiger partial charge in [-0.1, -0.05) is 41.7 Å². The number of carbonyl (C=O) groups excluding carboxylic acids is 2. The van der Waals surface area contributed by atoms with Crippen molar-refractivity contribution in [1.82, 2.24) is 0 Å². The normalized spacial score (nSPS) is 27.2. The van der Waals surface area contributed by atoms with Gasteiger partial charge in [-0.2, -0.15) is 0 Å². The summed E-state index contributed by atoms with van der Waals surface area (Å²) < 4.78 is 19.2. The summed E-state index contributed by atoms with van der Waals surface area (Å²) in [5, 5.41) is 7.52. The largest absolute Gasteiger partial charge is 0.475 e. The first-order valence-corrected chi connectivity index (χ1v) is 8.38. The van der Waals surface area contributed by atoms with Crippen LogP contribution in [0.1, 0.15) is 27.2 Å². The summed E-state index contributed by atoms with van der Waals surface area (Å²) >= 11 is 16.6. The Kier molecular flexibility index (Phi) is 8.05. The molecule has 1 aliphatic heterocycles. The minimum absolute atomic E-state index is 0.0205. The summed E-state index contributed by atoms with van der Waals surface area (Å²) in [5.74, 6) is -1.58. The van der Waals surface area contributed by atoms with Crippen molar-refractivity contribution in [2.75, 3.05) is 13.2 Å². The predicted octanol–water partition coefficient (Wildman–Crippen LogP) is 2.64. The van der Waals surface area contributed by atoms with Gasteiger partial charge in [-0.3, -0.25) is 15.0 Å². The molecule has 2 unspecified atom stereocenters. The number of rotatable bonds is 5. The van der Waals surface area contributed by atoms with Gasteiger partial charge in [0.1, 0.15) is 19.3 Å². The summed E-state index contributed by atoms with van der Waals surface area (Å²) in [6, 6.07) is 0. The number of hydrogen-bond donors (Lipinski definition) is 1. The lowest BCUT2D eigenvalue weighted by molar-refractivity contribution is -0.187. The lowest BCUT2D eigenvalue weighted by Crippen LogP contribution is -2.48. The molecule has 10 heteroatoms. The Hall–Kier alpha value is -0.760. The number of halogens is 3. The molecule has 1 saturated heterocycles. The van der Waals surface area contributed by atoms with Crippen molar-refractivity contribution in [3.63, 3.8) is 0 Å². The van der Waals surface area contributed by atoms with Crippen LogP contribution in [0.3, 0.4) is 0 Å². The standard InChI is InChI=1S/C14H20Cl3NO6/c1-7-11(23-9(3)20)4-10(5-22-13(18)14(15,16)17)24-12(7)6-21-8(2)19/h7,10-12,18H,4-6H2,1-3H3/t7-,10?,11-,12?/m1/s1. The minimum atomic E-state index is -1.96. The van der Waals surface area contributed by atoms with E-state index in [9.17, 15) is 9.59 Å². The fraction of sp³-hybridized carbons (Fsp3) is 0.786. The number of carbonyl (C=O) groups is 2. The van der Waals surface area contributed by atoms with Gasteiger partial charge < -0.3 is 18.9 Å². The molecule has 1 aliphatic rings. The number of esters is 2. The number of alkyl halides is 3. The fourth-order valence-corrected chi connectivity index (χ4v) is 2.43. The quantitative estimate of drug-likeness (QED) is 0.327. The van der Waals surface area contributed by atoms with Crippen molar-refractivity contribution in [3.05, 3.63) is 0 Å². The Morgan fingerprint density at radius 1 is 1.17 bits per heavy atom. The SMILES string of the molecule is CC(=O)OCC1OC(COC(=N)C(Cl)(Cl)Cl)C[C@@H](OC(C)=O)[C@H]1C. The molecule has 1 rings (SSSR count). The molecule has 0 aliphatic carbocycles. The molecule has 138 valence electrons. The van der Waals surface area contributed by atoms with E-state index in [1.165, 1.54) is 13.8 Å². The minimum Gasteiger partial charge on any atom is -0.475 e. The highest BCUT2D eigenvalue weighted by molar-refractivity contribution is 6.76. The molecular formula is C14H20Cl3NO6. The van der Waals surface area contributed by atoms with Crippen LogP contribution in [0.5, 0.6) is 0 Å². The fourth-order valence-electron chi connectivity index (χ4n) is 2.26. The molecule has 0 amide bonds. The molecular weight excluding hydrogens is 385 g/mol. The van der Waals surface area contributed by atoms with E-state index in [2.05, 4.69) is 0 Å². The summed E-state index contributed by atoms with van der Waals surface area (Å²) in [7, 11) is 0. The third kappa shape index (κ3) is 7.01. The first kappa shape index (κ1) is 21.3. The predicted molar refractivity (Wildman–Crippen MR) is 88.6 cm³/mol. The van der Waals surface area contributed by atoms with Crippen LogP contribution in [0.25, 0.3) is 0 Å². The van der Waals surface area contributed by atoms with E-state index >= 15 is 0 Å². The monoisotopic (exact) mass is 403 g/mol. The van der Waals surface area contributed by atoms with Crippen molar-refractivity contribution < 1.29 is 28.5 Å². The van der Waals surface area contributed by atoms with Gasteiger partial charge in [-0.15, -0.1) is 0 Å². The van der Waals surface area contributed by atoms with Crippen molar-refractivity contribution in [2.24, 2.45) is 5.92 Å². The lowest BCUT2D eigenvalue weighted by atomic mass is 9.90. The van der Waals surface area contributed by atoms with Crippen molar-refractivity contribution in [2.45, 2.75) is 49.3 Å². The van der Waals surface area contributed by atoms with Gasteiger partial charge in [0.05, 0.1) is 12.2 Å². The zero-order chi connectivity index (χ0) is 18.5. The molecule has 0 aromatic carbocycles. The van der Waals surface area contributed by atoms with Crippen LogP contribution in [0.15, 0.2) is 0 Å². The van der Waals surface area contributed by atoms with Crippen LogP contribution in [0.2, 0.25) is 0 Å². The van der Waals surface area contributed by atoms with Gasteiger partial charge >= 0.3 is 11.9 Å². The molecule has 0 spiro atoms. The zero-order valence-corrected chi connectivity index (χ0v) is 15.8. The molecule has 0 radical (unpaired) electrons. The van der Waals surface area contributed by atoms with Crippen LogP contribution < -0.4 is 0 Å². The molecule has 0 aromatic rings. The maximum Gasteiger partial charge on any atom is 0.302 e. The second kappa shape index (κ2) is 9.08. The molecule has 1 heterocycles. The van der Waals surface area contributed by atoms with E-state index in [4.69, 9.17) is 59.2 Å². The van der Waals surface area contributed by atoms with Gasteiger partial charge in [0.15, 0.2) is 0 Å². The Balaban J connectivity index is 2.71. The Morgan fingerprint density at radius 2 is 1.79 bits per heavy atom. The summed E-state index contributed by atoms with van der Waals surface area (Å²) in [5.41, 5.74) is 0. The van der Waals surface area contributed by atoms with E-state index in [-0.39, 0.29) is 19.1 Å². The maximum absolute atomic E-state index is 11.3. The highest BCUT2D eigenvalue weighted by atomic mass is 35.6. The molecule has 4 atom stereocenters. The summed E-state index contributed by atoms with van der Waals surface area (Å²) in [6.07, 6.45) is -1.08. The van der Waals surface area contributed by atoms with E-state index in [1.807, 2.05) is 6.92 Å². The first-order valence-electron chi connectivity index (χ1n) is 7.25. The van der Waals surface area contributed by atoms with Crippen molar-refractivity contribution in [3.8, 4) is 0 Å². The number of ether oxygens (including phenoxy) is 4. The summed E-state index contributed by atoms with van der Waals surface area (Å²) in [6.45, 7) is 4.40. The Morgan fingerprint density at radius 3 is 2.29 bits per heavy atom. The van der Waals surface area contributed by atoms with Crippen LogP contribution in [-0.4, -0.2) is 53.2 Å². The molecule has 0 aromatic heterocycles. The van der Waals surface area contributed by atoms with E-state index in [0.29, 0.717) is 6.42 Å². The zero-order valence-electron chi connectivity index (χ0n) is 13.5. The average Bonchev–Trinajstić information content (AvgIpc) is 2.44. The highest BCUT2D eigenvalue weighted by Crippen LogP contribution is 2.31.